The third-order valence-electron chi connectivity index (χ3n) is 4.68. The van der Waals surface area contributed by atoms with E-state index in [0.717, 1.165) is 24.0 Å². The van der Waals surface area contributed by atoms with Crippen LogP contribution in [0.5, 0.6) is 5.75 Å². The van der Waals surface area contributed by atoms with E-state index >= 15 is 0 Å². The lowest BCUT2D eigenvalue weighted by Gasteiger charge is -2.21. The molecule has 6 heteroatoms. The van der Waals surface area contributed by atoms with Gasteiger partial charge in [-0.05, 0) is 38.0 Å². The number of nitrogens with zero attached hydrogens (tertiary/aromatic N) is 3. The van der Waals surface area contributed by atoms with E-state index < -0.39 is 0 Å². The molecule has 138 valence electrons. The second-order valence-electron chi connectivity index (χ2n) is 6.67. The number of hydrogen-bond acceptors (Lipinski definition) is 5. The molecule has 0 saturated carbocycles. The van der Waals surface area contributed by atoms with Gasteiger partial charge in [-0.25, -0.2) is 0 Å². The largest absolute Gasteiger partial charge is 0.484 e. The predicted octanol–water partition coefficient (Wildman–Crippen LogP) is 3.79. The second-order valence-corrected chi connectivity index (χ2v) is 6.67. The molecule has 0 radical (unpaired) electrons. The van der Waals surface area contributed by atoms with Crippen molar-refractivity contribution in [2.24, 2.45) is 0 Å². The van der Waals surface area contributed by atoms with Crippen molar-refractivity contribution >= 4 is 5.91 Å². The number of rotatable bonds is 5. The summed E-state index contributed by atoms with van der Waals surface area (Å²) in [6, 6.07) is 17.1. The molecule has 6 nitrogen and oxygen atoms in total. The first kappa shape index (κ1) is 17.3. The molecule has 1 aliphatic heterocycles. The Labute approximate surface area is 157 Å². The number of amides is 1. The summed E-state index contributed by atoms with van der Waals surface area (Å²) in [7, 11) is 0. The van der Waals surface area contributed by atoms with E-state index in [4.69, 9.17) is 9.26 Å². The van der Waals surface area contributed by atoms with E-state index in [-0.39, 0.29) is 18.6 Å². The highest BCUT2D eigenvalue weighted by Crippen LogP contribution is 2.32. The van der Waals surface area contributed by atoms with E-state index in [9.17, 15) is 4.79 Å². The summed E-state index contributed by atoms with van der Waals surface area (Å²) in [5, 5.41) is 4.10. The zero-order valence-corrected chi connectivity index (χ0v) is 15.2. The van der Waals surface area contributed by atoms with Crippen LogP contribution in [-0.2, 0) is 4.79 Å². The van der Waals surface area contributed by atoms with Crippen LogP contribution < -0.4 is 4.74 Å². The van der Waals surface area contributed by atoms with Crippen molar-refractivity contribution in [3.8, 4) is 17.1 Å². The molecule has 0 spiro atoms. The standard InChI is InChI=1S/C21H21N3O3/c1-15-7-5-8-16(13-15)20-22-21(27-23-20)18-11-6-12-24(18)19(25)14-26-17-9-3-2-4-10-17/h2-5,7-10,13,18H,6,11-12,14H2,1H3/t18-/m0/s1. The van der Waals surface area contributed by atoms with E-state index in [1.807, 2.05) is 61.5 Å². The summed E-state index contributed by atoms with van der Waals surface area (Å²) in [5.74, 6) is 1.64. The molecule has 1 amide bonds. The fraction of sp³-hybridized carbons (Fsp3) is 0.286. The Morgan fingerprint density at radius 2 is 2.07 bits per heavy atom. The maximum atomic E-state index is 12.6. The van der Waals surface area contributed by atoms with Gasteiger partial charge in [0.15, 0.2) is 6.61 Å². The molecule has 2 heterocycles. The number of carbonyl (C=O) groups excluding carboxylic acids is 1. The van der Waals surface area contributed by atoms with Gasteiger partial charge in [-0.2, -0.15) is 4.98 Å². The van der Waals surface area contributed by atoms with Gasteiger partial charge in [0, 0.05) is 12.1 Å². The number of hydrogen-bond donors (Lipinski definition) is 0. The van der Waals surface area contributed by atoms with Crippen LogP contribution in [0.25, 0.3) is 11.4 Å². The van der Waals surface area contributed by atoms with Crippen molar-refractivity contribution in [2.45, 2.75) is 25.8 Å². The first-order valence-electron chi connectivity index (χ1n) is 9.09. The molecule has 0 aliphatic carbocycles. The third-order valence-corrected chi connectivity index (χ3v) is 4.68. The van der Waals surface area contributed by atoms with E-state index in [1.54, 1.807) is 4.90 Å². The Bertz CT molecular complexity index is 923. The van der Waals surface area contributed by atoms with Gasteiger partial charge in [0.2, 0.25) is 11.7 Å². The number of benzene rings is 2. The van der Waals surface area contributed by atoms with Crippen LogP contribution in [-0.4, -0.2) is 34.1 Å². The minimum absolute atomic E-state index is 0.000608. The van der Waals surface area contributed by atoms with E-state index in [2.05, 4.69) is 10.1 Å². The average molecular weight is 363 g/mol. The first-order valence-corrected chi connectivity index (χ1v) is 9.09. The topological polar surface area (TPSA) is 68.5 Å². The highest BCUT2D eigenvalue weighted by molar-refractivity contribution is 5.78. The smallest absolute Gasteiger partial charge is 0.261 e. The molecular formula is C21H21N3O3. The molecule has 4 rings (SSSR count). The zero-order chi connectivity index (χ0) is 18.6. The minimum Gasteiger partial charge on any atom is -0.484 e. The van der Waals surface area contributed by atoms with Crippen LogP contribution >= 0.6 is 0 Å². The molecule has 1 saturated heterocycles. The highest BCUT2D eigenvalue weighted by Gasteiger charge is 2.34. The maximum absolute atomic E-state index is 12.6. The lowest BCUT2D eigenvalue weighted by atomic mass is 10.1. The van der Waals surface area contributed by atoms with Gasteiger partial charge in [-0.15, -0.1) is 0 Å². The number of carbonyl (C=O) groups is 1. The Hall–Kier alpha value is -3.15. The quantitative estimate of drug-likeness (QED) is 0.690. The van der Waals surface area contributed by atoms with Crippen LogP contribution in [0.1, 0.15) is 30.3 Å². The van der Waals surface area contributed by atoms with Gasteiger partial charge in [0.05, 0.1) is 0 Å². The summed E-state index contributed by atoms with van der Waals surface area (Å²) in [6.45, 7) is 2.69. The molecule has 3 aromatic rings. The zero-order valence-electron chi connectivity index (χ0n) is 15.2. The fourth-order valence-electron chi connectivity index (χ4n) is 3.34. The Morgan fingerprint density at radius 3 is 2.89 bits per heavy atom. The van der Waals surface area contributed by atoms with Crippen LogP contribution in [0.2, 0.25) is 0 Å². The Morgan fingerprint density at radius 1 is 1.22 bits per heavy atom. The molecule has 0 bridgehead atoms. The highest BCUT2D eigenvalue weighted by atomic mass is 16.5. The third kappa shape index (κ3) is 3.84. The van der Waals surface area contributed by atoms with Gasteiger partial charge in [0.1, 0.15) is 11.8 Å². The SMILES string of the molecule is Cc1cccc(-c2noc([C@@H]3CCCN3C(=O)COc3ccccc3)n2)c1. The van der Waals surface area contributed by atoms with Crippen LogP contribution in [0, 0.1) is 6.92 Å². The summed E-state index contributed by atoms with van der Waals surface area (Å²) in [6.07, 6.45) is 1.72. The lowest BCUT2D eigenvalue weighted by molar-refractivity contribution is -0.134. The fourth-order valence-corrected chi connectivity index (χ4v) is 3.34. The molecule has 1 fully saturated rings. The molecule has 27 heavy (non-hydrogen) atoms. The van der Waals surface area contributed by atoms with Crippen molar-refractivity contribution in [1.82, 2.24) is 15.0 Å². The molecule has 1 aliphatic rings. The molecule has 2 aromatic carbocycles. The predicted molar refractivity (Wildman–Crippen MR) is 100 cm³/mol. The number of aromatic nitrogens is 2. The van der Waals surface area contributed by atoms with Gasteiger partial charge < -0.3 is 14.2 Å². The van der Waals surface area contributed by atoms with Crippen molar-refractivity contribution < 1.29 is 14.1 Å². The van der Waals surface area contributed by atoms with Gasteiger partial charge >= 0.3 is 0 Å². The van der Waals surface area contributed by atoms with Crippen LogP contribution in [0.15, 0.2) is 59.1 Å². The Kier molecular flexibility index (Phi) is 4.87. The second kappa shape index (κ2) is 7.61. The molecule has 0 unspecified atom stereocenters. The number of aryl methyl sites for hydroxylation is 1. The summed E-state index contributed by atoms with van der Waals surface area (Å²) >= 11 is 0. The lowest BCUT2D eigenvalue weighted by Crippen LogP contribution is -2.34. The number of ether oxygens (including phenoxy) is 1. The average Bonchev–Trinajstić information content (AvgIpc) is 3.36. The van der Waals surface area contributed by atoms with Gasteiger partial charge in [0.25, 0.3) is 5.91 Å². The minimum atomic E-state index is -0.192. The van der Waals surface area contributed by atoms with Gasteiger partial charge in [-0.1, -0.05) is 47.1 Å². The van der Waals surface area contributed by atoms with E-state index in [1.165, 1.54) is 0 Å². The van der Waals surface area contributed by atoms with Crippen molar-refractivity contribution in [1.29, 1.82) is 0 Å². The molecule has 1 atom stereocenters. The summed E-state index contributed by atoms with van der Waals surface area (Å²) < 4.78 is 11.1. The number of likely N-dealkylation sites (tertiary alicyclic amines) is 1. The van der Waals surface area contributed by atoms with Gasteiger partial charge in [-0.3, -0.25) is 4.79 Å². The number of para-hydroxylation sites is 1. The summed E-state index contributed by atoms with van der Waals surface area (Å²) in [4.78, 5) is 19.0. The Balaban J connectivity index is 1.46. The molecule has 0 N–H and O–H groups in total. The molecular weight excluding hydrogens is 342 g/mol. The normalized spacial score (nSPS) is 16.5. The summed E-state index contributed by atoms with van der Waals surface area (Å²) in [5.41, 5.74) is 2.04. The maximum Gasteiger partial charge on any atom is 0.261 e. The van der Waals surface area contributed by atoms with Crippen molar-refractivity contribution in [3.05, 3.63) is 66.1 Å². The monoisotopic (exact) mass is 363 g/mol. The van der Waals surface area contributed by atoms with Crippen molar-refractivity contribution in [3.63, 3.8) is 0 Å². The van der Waals surface area contributed by atoms with E-state index in [0.29, 0.717) is 24.0 Å². The van der Waals surface area contributed by atoms with Crippen LogP contribution in [0.3, 0.4) is 0 Å². The van der Waals surface area contributed by atoms with Crippen molar-refractivity contribution in [2.75, 3.05) is 13.2 Å². The molecule has 1 aromatic heterocycles. The first-order chi connectivity index (χ1) is 13.2. The van der Waals surface area contributed by atoms with Crippen LogP contribution in [0.4, 0.5) is 0 Å².